The average Bonchev–Trinajstić information content (AvgIpc) is 2.85. The van der Waals surface area contributed by atoms with Crippen molar-refractivity contribution in [3.05, 3.63) is 59.4 Å². The number of hydrogen-bond acceptors (Lipinski definition) is 6. The van der Waals surface area contributed by atoms with Gasteiger partial charge < -0.3 is 9.84 Å². The summed E-state index contributed by atoms with van der Waals surface area (Å²) in [6, 6.07) is 3.80. The fourth-order valence-corrected chi connectivity index (χ4v) is 6.01. The highest BCUT2D eigenvalue weighted by Gasteiger charge is 2.71. The van der Waals surface area contributed by atoms with Crippen LogP contribution >= 0.6 is 0 Å². The van der Waals surface area contributed by atoms with Crippen molar-refractivity contribution in [3.63, 3.8) is 0 Å². The lowest BCUT2D eigenvalue weighted by Crippen LogP contribution is -2.54. The van der Waals surface area contributed by atoms with Crippen LogP contribution < -0.4 is 4.31 Å². The van der Waals surface area contributed by atoms with Gasteiger partial charge in [0.1, 0.15) is 11.6 Å². The topological polar surface area (TPSA) is 101 Å². The van der Waals surface area contributed by atoms with E-state index >= 15 is 0 Å². The molecule has 1 heterocycles. The van der Waals surface area contributed by atoms with Crippen molar-refractivity contribution < 1.29 is 58.6 Å². The van der Waals surface area contributed by atoms with Crippen LogP contribution in [-0.2, 0) is 36.4 Å². The van der Waals surface area contributed by atoms with E-state index in [1.807, 2.05) is 0 Å². The lowest BCUT2D eigenvalue weighted by atomic mass is 9.87. The number of halogens is 7. The summed E-state index contributed by atoms with van der Waals surface area (Å²) in [4.78, 5) is 23.5. The van der Waals surface area contributed by atoms with Gasteiger partial charge in [0.25, 0.3) is 15.6 Å². The van der Waals surface area contributed by atoms with Gasteiger partial charge >= 0.3 is 18.3 Å². The molecule has 3 rings (SSSR count). The van der Waals surface area contributed by atoms with E-state index in [0.29, 0.717) is 22.5 Å². The highest BCUT2D eigenvalue weighted by atomic mass is 32.2. The van der Waals surface area contributed by atoms with E-state index in [2.05, 4.69) is 4.74 Å². The molecule has 0 radical (unpaired) electrons. The maximum Gasteiger partial charge on any atom is 0.430 e. The molecule has 0 spiro atoms. The standard InChI is InChI=1S/C24H22F7NO6S/c1-38-21(34)11-7-18(33)13-17-6-2-14-12-15(22(35,23(26,27)28)24(29,30)31)3-10-20(14)32(17)39(36,37)19-8-4-16(25)5-9-19/h3-5,8-10,12,17,35H,2,6-7,11,13H2,1H3/t17-/m0/s1. The predicted octanol–water partition coefficient (Wildman–Crippen LogP) is 4.56. The van der Waals surface area contributed by atoms with Crippen LogP contribution in [0.25, 0.3) is 0 Å². The predicted molar refractivity (Wildman–Crippen MR) is 121 cm³/mol. The number of alkyl halides is 6. The summed E-state index contributed by atoms with van der Waals surface area (Å²) in [5.41, 5.74) is -7.36. The minimum atomic E-state index is -6.15. The lowest BCUT2D eigenvalue weighted by Gasteiger charge is -2.39. The monoisotopic (exact) mass is 585 g/mol. The van der Waals surface area contributed by atoms with E-state index < -0.39 is 68.5 Å². The molecular formula is C24H22F7NO6S. The van der Waals surface area contributed by atoms with Crippen molar-refractivity contribution in [3.8, 4) is 0 Å². The van der Waals surface area contributed by atoms with Gasteiger partial charge in [-0.25, -0.2) is 12.8 Å². The number of benzene rings is 2. The number of sulfonamides is 1. The highest BCUT2D eigenvalue weighted by Crippen LogP contribution is 2.51. The van der Waals surface area contributed by atoms with E-state index in [0.717, 1.165) is 31.4 Å². The Labute approximate surface area is 218 Å². The third-order valence-corrected chi connectivity index (χ3v) is 8.18. The maximum atomic E-state index is 13.6. The number of carbonyl (C=O) groups is 2. The van der Waals surface area contributed by atoms with Gasteiger partial charge in [0.15, 0.2) is 0 Å². The van der Waals surface area contributed by atoms with Crippen molar-refractivity contribution in [1.82, 2.24) is 0 Å². The number of hydrogen-bond donors (Lipinski definition) is 1. The first-order valence-electron chi connectivity index (χ1n) is 11.3. The average molecular weight is 585 g/mol. The van der Waals surface area contributed by atoms with E-state index in [1.54, 1.807) is 0 Å². The van der Waals surface area contributed by atoms with Crippen LogP contribution in [0.15, 0.2) is 47.4 Å². The molecule has 0 saturated carbocycles. The van der Waals surface area contributed by atoms with Crippen LogP contribution in [0.1, 0.15) is 36.8 Å². The molecule has 7 nitrogen and oxygen atoms in total. The minimum Gasteiger partial charge on any atom is -0.469 e. The smallest absolute Gasteiger partial charge is 0.430 e. The number of ether oxygens (including phenoxy) is 1. The summed E-state index contributed by atoms with van der Waals surface area (Å²) in [5, 5.41) is 9.78. The molecule has 0 aliphatic carbocycles. The van der Waals surface area contributed by atoms with Crippen LogP contribution in [0.3, 0.4) is 0 Å². The Morgan fingerprint density at radius 2 is 1.59 bits per heavy atom. The van der Waals surface area contributed by atoms with Crippen LogP contribution in [0.4, 0.5) is 36.4 Å². The molecule has 15 heteroatoms. The summed E-state index contributed by atoms with van der Waals surface area (Å²) >= 11 is 0. The van der Waals surface area contributed by atoms with E-state index in [-0.39, 0.29) is 36.9 Å². The first-order chi connectivity index (χ1) is 17.9. The van der Waals surface area contributed by atoms with Crippen molar-refractivity contribution in [2.45, 2.75) is 61.0 Å². The summed E-state index contributed by atoms with van der Waals surface area (Å²) in [5.74, 6) is -2.01. The molecule has 1 aliphatic heterocycles. The number of anilines is 1. The molecule has 1 aliphatic rings. The van der Waals surface area contributed by atoms with Crippen molar-refractivity contribution in [1.29, 1.82) is 0 Å². The largest absolute Gasteiger partial charge is 0.469 e. The molecule has 0 bridgehead atoms. The second-order valence-corrected chi connectivity index (χ2v) is 10.6. The molecule has 0 fully saturated rings. The minimum absolute atomic E-state index is 0.197. The van der Waals surface area contributed by atoms with Gasteiger partial charge in [0.2, 0.25) is 0 Å². The van der Waals surface area contributed by atoms with Gasteiger partial charge in [-0.3, -0.25) is 13.9 Å². The Bertz CT molecular complexity index is 1330. The Morgan fingerprint density at radius 1 is 1.00 bits per heavy atom. The van der Waals surface area contributed by atoms with Gasteiger partial charge in [0.05, 0.1) is 30.2 Å². The fraction of sp³-hybridized carbons (Fsp3) is 0.417. The van der Waals surface area contributed by atoms with E-state index in [9.17, 15) is 53.8 Å². The zero-order valence-corrected chi connectivity index (χ0v) is 21.0. The third-order valence-electron chi connectivity index (χ3n) is 6.30. The highest BCUT2D eigenvalue weighted by molar-refractivity contribution is 7.92. The Morgan fingerprint density at radius 3 is 2.13 bits per heavy atom. The quantitative estimate of drug-likeness (QED) is 0.360. The first-order valence-corrected chi connectivity index (χ1v) is 12.7. The van der Waals surface area contributed by atoms with Gasteiger partial charge in [0, 0.05) is 18.4 Å². The zero-order chi connectivity index (χ0) is 29.4. The number of nitrogens with zero attached hydrogens (tertiary/aromatic N) is 1. The van der Waals surface area contributed by atoms with Crippen LogP contribution in [0, 0.1) is 5.82 Å². The van der Waals surface area contributed by atoms with Gasteiger partial charge in [-0.15, -0.1) is 0 Å². The normalized spacial score (nSPS) is 16.5. The number of aryl methyl sites for hydroxylation is 1. The molecule has 39 heavy (non-hydrogen) atoms. The van der Waals surface area contributed by atoms with Crippen LogP contribution in [-0.4, -0.2) is 50.8 Å². The van der Waals surface area contributed by atoms with Crippen molar-refractivity contribution in [2.24, 2.45) is 0 Å². The number of esters is 1. The van der Waals surface area contributed by atoms with Crippen molar-refractivity contribution in [2.75, 3.05) is 11.4 Å². The van der Waals surface area contributed by atoms with Crippen molar-refractivity contribution >= 4 is 27.5 Å². The number of Topliss-reactive ketones (excluding diaryl/α,β-unsaturated/α-hetero) is 1. The second kappa shape index (κ2) is 10.8. The Balaban J connectivity index is 2.11. The molecule has 1 N–H and O–H groups in total. The third kappa shape index (κ3) is 5.88. The number of methoxy groups -OCH3 is 1. The molecule has 214 valence electrons. The number of aliphatic hydroxyl groups is 1. The van der Waals surface area contributed by atoms with Gasteiger partial charge in [-0.05, 0) is 48.7 Å². The number of ketones is 1. The summed E-state index contributed by atoms with van der Waals surface area (Å²) in [6.45, 7) is 0. The van der Waals surface area contributed by atoms with Crippen LogP contribution in [0.2, 0.25) is 0 Å². The molecular weight excluding hydrogens is 563 g/mol. The summed E-state index contributed by atoms with van der Waals surface area (Å²) in [6.07, 6.45) is -13.8. The molecule has 0 unspecified atom stereocenters. The molecule has 2 aromatic carbocycles. The lowest BCUT2D eigenvalue weighted by molar-refractivity contribution is -0.376. The zero-order valence-electron chi connectivity index (χ0n) is 20.1. The number of fused-ring (bicyclic) bond motifs is 1. The number of carbonyl (C=O) groups excluding carboxylic acids is 2. The first kappa shape index (κ1) is 30.3. The summed E-state index contributed by atoms with van der Waals surface area (Å²) in [7, 11) is -3.51. The van der Waals surface area contributed by atoms with Gasteiger partial charge in [-0.2, -0.15) is 26.3 Å². The Hall–Kier alpha value is -3.20. The maximum absolute atomic E-state index is 13.6. The molecule has 0 amide bonds. The van der Waals surface area contributed by atoms with E-state index in [4.69, 9.17) is 0 Å². The van der Waals surface area contributed by atoms with Crippen LogP contribution in [0.5, 0.6) is 0 Å². The molecule has 2 aromatic rings. The Kier molecular flexibility index (Phi) is 8.37. The van der Waals surface area contributed by atoms with E-state index in [1.165, 1.54) is 0 Å². The molecule has 0 saturated heterocycles. The fourth-order valence-electron chi connectivity index (χ4n) is 4.29. The second-order valence-electron chi connectivity index (χ2n) is 8.82. The molecule has 1 atom stereocenters. The van der Waals surface area contributed by atoms with Gasteiger partial charge in [-0.1, -0.05) is 12.1 Å². The molecule has 0 aromatic heterocycles. The SMILES string of the molecule is COC(=O)CCC(=O)C[C@@H]1CCc2cc(C(O)(C(F)(F)F)C(F)(F)F)ccc2N1S(=O)(=O)c1ccc(F)cc1. The summed E-state index contributed by atoms with van der Waals surface area (Å²) < 4.78 is 126. The number of rotatable bonds is 8.